The van der Waals surface area contributed by atoms with Crippen LogP contribution < -0.4 is 5.73 Å². The Morgan fingerprint density at radius 1 is 1.16 bits per heavy atom. The molecule has 1 aromatic carbocycles. The Kier molecular flexibility index (Phi) is 3.52. The Hall–Kier alpha value is -1.57. The molecule has 0 saturated heterocycles. The van der Waals surface area contributed by atoms with Crippen LogP contribution in [0.25, 0.3) is 6.08 Å². The molecule has 25 heavy (non-hydrogen) atoms. The molecule has 1 amide bonds. The number of hydrogen-bond donors (Lipinski definition) is 1. The molecule has 2 saturated carbocycles. The van der Waals surface area contributed by atoms with Crippen molar-refractivity contribution in [2.24, 2.45) is 11.1 Å². The first-order chi connectivity index (χ1) is 11.7. The zero-order valence-corrected chi connectivity index (χ0v) is 16.2. The average molecular weight is 338 g/mol. The van der Waals surface area contributed by atoms with Crippen LogP contribution in [0.4, 0.5) is 0 Å². The minimum atomic E-state index is -0.285. The predicted octanol–water partition coefficient (Wildman–Crippen LogP) is 5.02. The highest BCUT2D eigenvalue weighted by Crippen LogP contribution is 2.68. The second-order valence-electron chi connectivity index (χ2n) is 9.56. The van der Waals surface area contributed by atoms with E-state index < -0.39 is 0 Å². The van der Waals surface area contributed by atoms with E-state index in [1.54, 1.807) is 0 Å². The Balaban J connectivity index is 1.92. The van der Waals surface area contributed by atoms with Gasteiger partial charge in [0, 0.05) is 5.41 Å². The van der Waals surface area contributed by atoms with Crippen LogP contribution in [0.1, 0.15) is 88.5 Å². The molecule has 134 valence electrons. The molecule has 0 radical (unpaired) electrons. The molecule has 2 unspecified atom stereocenters. The van der Waals surface area contributed by atoms with Gasteiger partial charge in [0.2, 0.25) is 5.91 Å². The SMILES string of the molecule is CCC1=Cc2cc(C(C)(C)C)cc(C34CCCC3(C(N)=O)CC4)c2C1. The molecular formula is C23H31NO. The first kappa shape index (κ1) is 16.9. The molecule has 0 spiro atoms. The number of carbonyl (C=O) groups is 1. The van der Waals surface area contributed by atoms with Crippen LogP contribution in [-0.4, -0.2) is 5.91 Å². The maximum absolute atomic E-state index is 12.5. The van der Waals surface area contributed by atoms with Crippen molar-refractivity contribution < 1.29 is 4.79 Å². The van der Waals surface area contributed by atoms with Gasteiger partial charge in [-0.05, 0) is 66.2 Å². The fourth-order valence-corrected chi connectivity index (χ4v) is 5.76. The van der Waals surface area contributed by atoms with Crippen LogP contribution in [0.5, 0.6) is 0 Å². The Morgan fingerprint density at radius 3 is 2.48 bits per heavy atom. The summed E-state index contributed by atoms with van der Waals surface area (Å²) in [4.78, 5) is 12.5. The molecule has 3 aliphatic rings. The van der Waals surface area contributed by atoms with Gasteiger partial charge in [-0.15, -0.1) is 0 Å². The molecule has 2 fully saturated rings. The van der Waals surface area contributed by atoms with Gasteiger partial charge >= 0.3 is 0 Å². The highest BCUT2D eigenvalue weighted by atomic mass is 16.1. The quantitative estimate of drug-likeness (QED) is 0.827. The average Bonchev–Trinajstić information content (AvgIpc) is 3.05. The molecule has 0 bridgehead atoms. The van der Waals surface area contributed by atoms with E-state index in [2.05, 4.69) is 45.9 Å². The van der Waals surface area contributed by atoms with E-state index in [0.717, 1.165) is 44.9 Å². The topological polar surface area (TPSA) is 43.1 Å². The lowest BCUT2D eigenvalue weighted by Crippen LogP contribution is -2.58. The van der Waals surface area contributed by atoms with Crippen molar-refractivity contribution in [1.29, 1.82) is 0 Å². The summed E-state index contributed by atoms with van der Waals surface area (Å²) in [5.41, 5.74) is 13.0. The zero-order valence-electron chi connectivity index (χ0n) is 16.2. The van der Waals surface area contributed by atoms with Gasteiger partial charge in [0.05, 0.1) is 5.41 Å². The summed E-state index contributed by atoms with van der Waals surface area (Å²) in [5, 5.41) is 0. The summed E-state index contributed by atoms with van der Waals surface area (Å²) in [6.07, 6.45) is 9.88. The highest BCUT2D eigenvalue weighted by Gasteiger charge is 2.66. The second-order valence-corrected chi connectivity index (χ2v) is 9.56. The Labute approximate surface area is 151 Å². The number of benzene rings is 1. The lowest BCUT2D eigenvalue weighted by Gasteiger charge is -2.55. The van der Waals surface area contributed by atoms with Crippen LogP contribution in [0.3, 0.4) is 0 Å². The van der Waals surface area contributed by atoms with Crippen LogP contribution in [0.2, 0.25) is 0 Å². The lowest BCUT2D eigenvalue weighted by molar-refractivity contribution is -0.138. The molecule has 2 nitrogen and oxygen atoms in total. The number of nitrogens with two attached hydrogens (primary N) is 1. The number of rotatable bonds is 3. The third-order valence-electron chi connectivity index (χ3n) is 7.46. The Morgan fingerprint density at radius 2 is 1.92 bits per heavy atom. The van der Waals surface area contributed by atoms with Crippen molar-refractivity contribution in [2.45, 2.75) is 83.5 Å². The van der Waals surface area contributed by atoms with E-state index in [9.17, 15) is 4.79 Å². The summed E-state index contributed by atoms with van der Waals surface area (Å²) < 4.78 is 0. The van der Waals surface area contributed by atoms with Crippen molar-refractivity contribution in [3.05, 3.63) is 40.0 Å². The van der Waals surface area contributed by atoms with E-state index in [1.165, 1.54) is 27.8 Å². The minimum Gasteiger partial charge on any atom is -0.369 e. The van der Waals surface area contributed by atoms with Crippen LogP contribution >= 0.6 is 0 Å². The molecule has 2 heteroatoms. The molecule has 0 heterocycles. The maximum Gasteiger partial charge on any atom is 0.224 e. The van der Waals surface area contributed by atoms with Gasteiger partial charge in [0.15, 0.2) is 0 Å². The second kappa shape index (κ2) is 5.22. The van der Waals surface area contributed by atoms with E-state index in [-0.39, 0.29) is 22.2 Å². The summed E-state index contributed by atoms with van der Waals surface area (Å²) in [6.45, 7) is 9.10. The smallest absolute Gasteiger partial charge is 0.224 e. The summed E-state index contributed by atoms with van der Waals surface area (Å²) >= 11 is 0. The van der Waals surface area contributed by atoms with Crippen LogP contribution in [-0.2, 0) is 22.0 Å². The molecule has 2 N–H and O–H groups in total. The predicted molar refractivity (Wildman–Crippen MR) is 104 cm³/mol. The van der Waals surface area contributed by atoms with Gasteiger partial charge in [0.25, 0.3) is 0 Å². The Bertz CT molecular complexity index is 782. The van der Waals surface area contributed by atoms with E-state index in [0.29, 0.717) is 0 Å². The van der Waals surface area contributed by atoms with E-state index in [4.69, 9.17) is 5.73 Å². The number of allylic oxidation sites excluding steroid dienone is 1. The van der Waals surface area contributed by atoms with Crippen molar-refractivity contribution >= 4 is 12.0 Å². The largest absolute Gasteiger partial charge is 0.369 e. The molecule has 4 rings (SSSR count). The fourth-order valence-electron chi connectivity index (χ4n) is 5.76. The molecule has 0 aliphatic heterocycles. The third kappa shape index (κ3) is 2.12. The van der Waals surface area contributed by atoms with Gasteiger partial charge in [-0.2, -0.15) is 0 Å². The maximum atomic E-state index is 12.5. The number of primary amides is 1. The van der Waals surface area contributed by atoms with E-state index >= 15 is 0 Å². The van der Waals surface area contributed by atoms with Gasteiger partial charge < -0.3 is 5.73 Å². The van der Waals surface area contributed by atoms with Crippen molar-refractivity contribution in [3.8, 4) is 0 Å². The lowest BCUT2D eigenvalue weighted by atomic mass is 9.47. The number of hydrogen-bond acceptors (Lipinski definition) is 1. The molecule has 1 aromatic rings. The van der Waals surface area contributed by atoms with Gasteiger partial charge in [-0.3, -0.25) is 4.79 Å². The monoisotopic (exact) mass is 337 g/mol. The summed E-state index contributed by atoms with van der Waals surface area (Å²) in [7, 11) is 0. The van der Waals surface area contributed by atoms with Crippen molar-refractivity contribution in [2.75, 3.05) is 0 Å². The third-order valence-corrected chi connectivity index (χ3v) is 7.46. The fraction of sp³-hybridized carbons (Fsp3) is 0.609. The zero-order chi connectivity index (χ0) is 18.0. The van der Waals surface area contributed by atoms with E-state index in [1.807, 2.05) is 0 Å². The van der Waals surface area contributed by atoms with Gasteiger partial charge in [-0.1, -0.05) is 57.9 Å². The highest BCUT2D eigenvalue weighted by molar-refractivity contribution is 5.86. The summed E-state index contributed by atoms with van der Waals surface area (Å²) in [5.74, 6) is -0.0622. The molecular weight excluding hydrogens is 306 g/mol. The standard InChI is InChI=1S/C23H31NO/c1-5-15-11-16-13-17(21(2,3)4)14-19(18(16)12-15)22-7-6-8-23(22,10-9-22)20(24)25/h11,13-14H,5-10,12H2,1-4H3,(H2,24,25). The first-order valence-electron chi connectivity index (χ1n) is 9.91. The van der Waals surface area contributed by atoms with Crippen LogP contribution in [0, 0.1) is 5.41 Å². The van der Waals surface area contributed by atoms with Crippen LogP contribution in [0.15, 0.2) is 17.7 Å². The number of carbonyl (C=O) groups excluding carboxylic acids is 1. The normalized spacial score (nSPS) is 30.5. The molecule has 2 atom stereocenters. The van der Waals surface area contributed by atoms with Gasteiger partial charge in [-0.25, -0.2) is 0 Å². The number of amides is 1. The van der Waals surface area contributed by atoms with Crippen molar-refractivity contribution in [3.63, 3.8) is 0 Å². The first-order valence-corrected chi connectivity index (χ1v) is 9.91. The van der Waals surface area contributed by atoms with Crippen molar-refractivity contribution in [1.82, 2.24) is 0 Å². The molecule has 3 aliphatic carbocycles. The minimum absolute atomic E-state index is 0.00120. The number of fused-ring (bicyclic) bond motifs is 2. The summed E-state index contributed by atoms with van der Waals surface area (Å²) in [6, 6.07) is 4.82. The molecule has 0 aromatic heterocycles. The van der Waals surface area contributed by atoms with Gasteiger partial charge in [0.1, 0.15) is 0 Å².